The molecular weight excluding hydrogens is 415 g/mol. The van der Waals surface area contributed by atoms with E-state index in [9.17, 15) is 9.59 Å². The monoisotopic (exact) mass is 430 g/mol. The van der Waals surface area contributed by atoms with E-state index in [1.54, 1.807) is 18.2 Å². The molecule has 0 saturated heterocycles. The fourth-order valence-electron chi connectivity index (χ4n) is 3.24. The van der Waals surface area contributed by atoms with Gasteiger partial charge in [0, 0.05) is 23.8 Å². The molecule has 3 aromatic rings. The Kier molecular flexibility index (Phi) is 5.40. The van der Waals surface area contributed by atoms with Gasteiger partial charge in [0.15, 0.2) is 0 Å². The molecule has 2 heterocycles. The standard InChI is InChI=1S/C21H16Cl2N2O2S/c22-15-4-6-17(18(23)11-15)20(26)24-16-5-3-13-7-8-25(12-14(13)10-16)21(27)19-2-1-9-28-19/h1-6,9-11H,7-8,12H2,(H,24,26). The van der Waals surface area contributed by atoms with Gasteiger partial charge in [-0.1, -0.05) is 35.3 Å². The van der Waals surface area contributed by atoms with Gasteiger partial charge in [-0.2, -0.15) is 0 Å². The van der Waals surface area contributed by atoms with Crippen LogP contribution in [0.2, 0.25) is 10.0 Å². The van der Waals surface area contributed by atoms with Crippen LogP contribution in [0.1, 0.15) is 31.2 Å². The van der Waals surface area contributed by atoms with Crippen molar-refractivity contribution >= 4 is 52.0 Å². The number of hydrogen-bond acceptors (Lipinski definition) is 3. The maximum absolute atomic E-state index is 12.6. The van der Waals surface area contributed by atoms with E-state index in [0.29, 0.717) is 34.4 Å². The molecule has 1 aromatic heterocycles. The van der Waals surface area contributed by atoms with Crippen molar-refractivity contribution in [3.05, 3.63) is 85.5 Å². The predicted octanol–water partition coefficient (Wildman–Crippen LogP) is 5.51. The Morgan fingerprint density at radius 2 is 1.89 bits per heavy atom. The van der Waals surface area contributed by atoms with Crippen LogP contribution in [-0.4, -0.2) is 23.3 Å². The van der Waals surface area contributed by atoms with Crippen LogP contribution in [-0.2, 0) is 13.0 Å². The molecule has 0 unspecified atom stereocenters. The van der Waals surface area contributed by atoms with E-state index >= 15 is 0 Å². The number of carbonyl (C=O) groups is 2. The minimum atomic E-state index is -0.302. The van der Waals surface area contributed by atoms with Crippen LogP contribution < -0.4 is 5.32 Å². The molecule has 0 aliphatic carbocycles. The third kappa shape index (κ3) is 3.92. The Morgan fingerprint density at radius 1 is 1.04 bits per heavy atom. The van der Waals surface area contributed by atoms with Crippen LogP contribution in [0.3, 0.4) is 0 Å². The number of carbonyl (C=O) groups excluding carboxylic acids is 2. The summed E-state index contributed by atoms with van der Waals surface area (Å²) >= 11 is 13.5. The first-order valence-corrected chi connectivity index (χ1v) is 10.4. The molecule has 2 amide bonds. The fraction of sp³-hybridized carbons (Fsp3) is 0.143. The predicted molar refractivity (Wildman–Crippen MR) is 114 cm³/mol. The van der Waals surface area contributed by atoms with Crippen LogP contribution in [0.4, 0.5) is 5.69 Å². The fourth-order valence-corrected chi connectivity index (χ4v) is 4.42. The summed E-state index contributed by atoms with van der Waals surface area (Å²) in [4.78, 5) is 27.7. The number of nitrogens with zero attached hydrogens (tertiary/aromatic N) is 1. The molecule has 28 heavy (non-hydrogen) atoms. The number of anilines is 1. The lowest BCUT2D eigenvalue weighted by atomic mass is 9.98. The maximum Gasteiger partial charge on any atom is 0.264 e. The van der Waals surface area contributed by atoms with Gasteiger partial charge in [0.25, 0.3) is 11.8 Å². The average Bonchev–Trinajstić information content (AvgIpc) is 3.21. The molecule has 0 fully saturated rings. The second-order valence-electron chi connectivity index (χ2n) is 6.52. The zero-order valence-corrected chi connectivity index (χ0v) is 17.1. The molecular formula is C21H16Cl2N2O2S. The topological polar surface area (TPSA) is 49.4 Å². The molecule has 142 valence electrons. The van der Waals surface area contributed by atoms with Crippen molar-refractivity contribution in [3.63, 3.8) is 0 Å². The van der Waals surface area contributed by atoms with Gasteiger partial charge >= 0.3 is 0 Å². The highest BCUT2D eigenvalue weighted by atomic mass is 35.5. The van der Waals surface area contributed by atoms with Gasteiger partial charge in [-0.15, -0.1) is 11.3 Å². The van der Waals surface area contributed by atoms with E-state index < -0.39 is 0 Å². The van der Waals surface area contributed by atoms with Gasteiger partial charge in [-0.25, -0.2) is 0 Å². The minimum absolute atomic E-state index is 0.0445. The van der Waals surface area contributed by atoms with Crippen LogP contribution in [0.25, 0.3) is 0 Å². The highest BCUT2D eigenvalue weighted by Gasteiger charge is 2.23. The quantitative estimate of drug-likeness (QED) is 0.595. The van der Waals surface area contributed by atoms with E-state index in [2.05, 4.69) is 5.32 Å². The average molecular weight is 431 g/mol. The van der Waals surface area contributed by atoms with Crippen molar-refractivity contribution in [2.75, 3.05) is 11.9 Å². The second kappa shape index (κ2) is 7.95. The van der Waals surface area contributed by atoms with Gasteiger partial charge < -0.3 is 10.2 Å². The van der Waals surface area contributed by atoms with Gasteiger partial charge in [-0.05, 0) is 59.3 Å². The normalized spacial score (nSPS) is 13.1. The first-order valence-electron chi connectivity index (χ1n) is 8.72. The molecule has 0 bridgehead atoms. The lowest BCUT2D eigenvalue weighted by molar-refractivity contribution is 0.0739. The Hall–Kier alpha value is -2.34. The van der Waals surface area contributed by atoms with Crippen molar-refractivity contribution < 1.29 is 9.59 Å². The highest BCUT2D eigenvalue weighted by Crippen LogP contribution is 2.26. The molecule has 0 saturated carbocycles. The summed E-state index contributed by atoms with van der Waals surface area (Å²) in [5, 5.41) is 5.55. The van der Waals surface area contributed by atoms with Gasteiger partial charge in [0.2, 0.25) is 0 Å². The number of benzene rings is 2. The zero-order chi connectivity index (χ0) is 19.7. The summed E-state index contributed by atoms with van der Waals surface area (Å²) in [7, 11) is 0. The number of rotatable bonds is 3. The van der Waals surface area contributed by atoms with E-state index in [0.717, 1.165) is 16.9 Å². The molecule has 0 atom stereocenters. The number of fused-ring (bicyclic) bond motifs is 1. The molecule has 0 spiro atoms. The molecule has 0 radical (unpaired) electrons. The lowest BCUT2D eigenvalue weighted by Gasteiger charge is -2.29. The Balaban J connectivity index is 1.51. The van der Waals surface area contributed by atoms with E-state index in [1.807, 2.05) is 40.6 Å². The summed E-state index contributed by atoms with van der Waals surface area (Å²) in [5.41, 5.74) is 3.26. The smallest absolute Gasteiger partial charge is 0.264 e. The number of halogens is 2. The van der Waals surface area contributed by atoms with E-state index in [4.69, 9.17) is 23.2 Å². The third-order valence-corrected chi connectivity index (χ3v) is 6.08. The SMILES string of the molecule is O=C(Nc1ccc2c(c1)CN(C(=O)c1cccs1)CC2)c1ccc(Cl)cc1Cl. The summed E-state index contributed by atoms with van der Waals surface area (Å²) in [6.45, 7) is 1.22. The van der Waals surface area contributed by atoms with E-state index in [-0.39, 0.29) is 11.8 Å². The molecule has 1 aliphatic rings. The molecule has 4 rings (SSSR count). The number of amides is 2. The van der Waals surface area contributed by atoms with Crippen molar-refractivity contribution in [1.82, 2.24) is 4.90 Å². The first kappa shape index (κ1) is 19.0. The number of nitrogens with one attached hydrogen (secondary N) is 1. The van der Waals surface area contributed by atoms with Crippen molar-refractivity contribution in [2.45, 2.75) is 13.0 Å². The summed E-state index contributed by atoms with van der Waals surface area (Å²) < 4.78 is 0. The number of hydrogen-bond donors (Lipinski definition) is 1. The largest absolute Gasteiger partial charge is 0.333 e. The van der Waals surface area contributed by atoms with Gasteiger partial charge in [0.1, 0.15) is 0 Å². The van der Waals surface area contributed by atoms with Crippen LogP contribution >= 0.6 is 34.5 Å². The van der Waals surface area contributed by atoms with Gasteiger partial charge in [0.05, 0.1) is 15.5 Å². The third-order valence-electron chi connectivity index (χ3n) is 4.67. The zero-order valence-electron chi connectivity index (χ0n) is 14.7. The second-order valence-corrected chi connectivity index (χ2v) is 8.31. The maximum atomic E-state index is 12.6. The Morgan fingerprint density at radius 3 is 2.64 bits per heavy atom. The first-order chi connectivity index (χ1) is 13.5. The van der Waals surface area contributed by atoms with Crippen LogP contribution in [0.5, 0.6) is 0 Å². The van der Waals surface area contributed by atoms with Crippen molar-refractivity contribution in [3.8, 4) is 0 Å². The molecule has 1 aliphatic heterocycles. The Labute approximate surface area is 176 Å². The number of thiophene rings is 1. The van der Waals surface area contributed by atoms with Crippen molar-refractivity contribution in [2.24, 2.45) is 0 Å². The van der Waals surface area contributed by atoms with Crippen LogP contribution in [0.15, 0.2) is 53.9 Å². The summed E-state index contributed by atoms with van der Waals surface area (Å²) in [6.07, 6.45) is 0.795. The Bertz CT molecular complexity index is 1050. The van der Waals surface area contributed by atoms with Crippen molar-refractivity contribution in [1.29, 1.82) is 0 Å². The summed E-state index contributed by atoms with van der Waals surface area (Å²) in [6, 6.07) is 14.3. The molecule has 4 nitrogen and oxygen atoms in total. The molecule has 7 heteroatoms. The lowest BCUT2D eigenvalue weighted by Crippen LogP contribution is -2.35. The minimum Gasteiger partial charge on any atom is -0.333 e. The highest BCUT2D eigenvalue weighted by molar-refractivity contribution is 7.12. The van der Waals surface area contributed by atoms with Gasteiger partial charge in [-0.3, -0.25) is 9.59 Å². The molecule has 1 N–H and O–H groups in total. The summed E-state index contributed by atoms with van der Waals surface area (Å²) in [5.74, 6) is -0.257. The van der Waals surface area contributed by atoms with E-state index in [1.165, 1.54) is 16.9 Å². The van der Waals surface area contributed by atoms with Crippen LogP contribution in [0, 0.1) is 0 Å². The molecule has 2 aromatic carbocycles.